The van der Waals surface area contributed by atoms with E-state index in [1.165, 1.54) is 0 Å². The van der Waals surface area contributed by atoms with E-state index in [1.807, 2.05) is 0 Å². The summed E-state index contributed by atoms with van der Waals surface area (Å²) >= 11 is 0. The fraction of sp³-hybridized carbons (Fsp3) is 0. The van der Waals surface area contributed by atoms with E-state index in [-0.39, 0.29) is 108 Å². The molecule has 0 saturated heterocycles. The Morgan fingerprint density at radius 3 is 1.00 bits per heavy atom. The molecule has 0 bridgehead atoms. The van der Waals surface area contributed by atoms with E-state index in [0.29, 0.717) is 0 Å². The fourth-order valence-corrected chi connectivity index (χ4v) is 0. The Hall–Kier alpha value is 3.25. The minimum atomic E-state index is 0. The predicted molar refractivity (Wildman–Crippen MR) is 12.2 cm³/mol. The molecule has 0 aromatic rings. The van der Waals surface area contributed by atoms with Gasteiger partial charge in [0.1, 0.15) is 0 Å². The summed E-state index contributed by atoms with van der Waals surface area (Å²) in [7, 11) is 0. The van der Waals surface area contributed by atoms with Crippen molar-refractivity contribution in [1.29, 1.82) is 0 Å². The van der Waals surface area contributed by atoms with Crippen molar-refractivity contribution in [3.63, 3.8) is 0 Å². The van der Waals surface area contributed by atoms with Crippen LogP contribution in [0.4, 0.5) is 0 Å². The van der Waals surface area contributed by atoms with Crippen LogP contribution in [0.5, 0.6) is 0 Å². The van der Waals surface area contributed by atoms with Crippen LogP contribution in [0.1, 0.15) is 2.85 Å². The maximum Gasteiger partial charge on any atom is 1.00 e. The van der Waals surface area contributed by atoms with Crippen LogP contribution in [0.25, 0.3) is 0 Å². The monoisotopic (exact) mass is 218 g/mol. The summed E-state index contributed by atoms with van der Waals surface area (Å²) in [5.74, 6) is 0. The molecule has 6 heavy (non-hydrogen) atoms. The molecule has 0 nitrogen and oxygen atoms in total. The third-order valence-electron chi connectivity index (χ3n) is 0. The van der Waals surface area contributed by atoms with Gasteiger partial charge in [0.25, 0.3) is 0 Å². The molecule has 0 rings (SSSR count). The van der Waals surface area contributed by atoms with Crippen molar-refractivity contribution in [2.45, 2.75) is 0 Å². The van der Waals surface area contributed by atoms with Crippen molar-refractivity contribution < 1.29 is 90.9 Å². The van der Waals surface area contributed by atoms with Crippen LogP contribution >= 0.6 is 0 Å². The predicted octanol–water partition coefficient (Wildman–Crippen LogP) is -6.96. The molecule has 0 fully saturated rings. The Labute approximate surface area is 107 Å². The molecular formula is H5AlCoLi2MnNi. The van der Waals surface area contributed by atoms with Crippen LogP contribution in [-0.4, -0.2) is 17.4 Å². The largest absolute Gasteiger partial charge is 1.00 e. The second kappa shape index (κ2) is 41.1. The molecule has 2 radical (unpaired) electrons. The summed E-state index contributed by atoms with van der Waals surface area (Å²) in [5, 5.41) is 0. The van der Waals surface area contributed by atoms with E-state index in [2.05, 4.69) is 0 Å². The summed E-state index contributed by atoms with van der Waals surface area (Å²) in [6.45, 7) is 0. The standard InChI is InChI=1S/Al.Co.2Li.Mn.Ni.5H/q;;2*+1;;;;;;2*-1. The van der Waals surface area contributed by atoms with E-state index < -0.39 is 0 Å². The van der Waals surface area contributed by atoms with Gasteiger partial charge in [0.2, 0.25) is 0 Å². The Balaban J connectivity index is 0. The number of rotatable bonds is 0. The van der Waals surface area contributed by atoms with Gasteiger partial charge in [-0.3, -0.25) is 0 Å². The zero-order valence-electron chi connectivity index (χ0n) is 5.03. The molecule has 0 heterocycles. The minimum absolute atomic E-state index is 0. The zero-order valence-corrected chi connectivity index (χ0v) is 6.24. The van der Waals surface area contributed by atoms with Gasteiger partial charge in [0, 0.05) is 50.3 Å². The third kappa shape index (κ3) is 26.8. The summed E-state index contributed by atoms with van der Waals surface area (Å²) in [6, 6.07) is 0. The van der Waals surface area contributed by atoms with E-state index in [0.717, 1.165) is 0 Å². The van der Waals surface area contributed by atoms with Gasteiger partial charge in [-0.2, -0.15) is 0 Å². The second-order valence-electron chi connectivity index (χ2n) is 0. The molecule has 36 valence electrons. The smallest absolute Gasteiger partial charge is 1.00 e. The summed E-state index contributed by atoms with van der Waals surface area (Å²) in [4.78, 5) is 0. The Kier molecular flexibility index (Phi) is 408. The van der Waals surface area contributed by atoms with Gasteiger partial charge in [-0.15, -0.1) is 0 Å². The Bertz CT molecular complexity index is 20.0. The maximum atomic E-state index is 0. The van der Waals surface area contributed by atoms with Gasteiger partial charge in [-0.05, 0) is 0 Å². The van der Waals surface area contributed by atoms with Gasteiger partial charge in [-0.1, -0.05) is 0 Å². The molecule has 0 saturated carbocycles. The normalized spacial score (nSPS) is 0. The molecule has 0 aliphatic heterocycles. The zero-order chi connectivity index (χ0) is 0. The first-order valence-electron chi connectivity index (χ1n) is 0. The molecule has 0 unspecified atom stereocenters. The average Bonchev–Trinajstić information content (AvgIpc) is 0. The summed E-state index contributed by atoms with van der Waals surface area (Å²) < 4.78 is 0. The topological polar surface area (TPSA) is 0 Å². The molecule has 6 heteroatoms. The van der Waals surface area contributed by atoms with Gasteiger partial charge in [-0.25, -0.2) is 0 Å². The molecule has 0 amide bonds. The number of hydrogen-bond acceptors (Lipinski definition) is 0. The molecule has 0 spiro atoms. The minimum Gasteiger partial charge on any atom is -1.00 e. The van der Waals surface area contributed by atoms with Crippen molar-refractivity contribution in [2.24, 2.45) is 0 Å². The van der Waals surface area contributed by atoms with Gasteiger partial charge < -0.3 is 2.85 Å². The first kappa shape index (κ1) is 59.7. The van der Waals surface area contributed by atoms with E-state index >= 15 is 0 Å². The number of hydrogen-bond donors (Lipinski definition) is 0. The van der Waals surface area contributed by atoms with Gasteiger partial charge in [0.15, 0.2) is 17.4 Å². The average molecular weight is 218 g/mol. The van der Waals surface area contributed by atoms with Crippen LogP contribution in [0, 0.1) is 0 Å². The molecule has 0 aromatic carbocycles. The van der Waals surface area contributed by atoms with Crippen molar-refractivity contribution >= 4 is 17.4 Å². The Morgan fingerprint density at radius 1 is 1.00 bits per heavy atom. The van der Waals surface area contributed by atoms with Gasteiger partial charge in [0.05, 0.1) is 0 Å². The van der Waals surface area contributed by atoms with Crippen LogP contribution < -0.4 is 37.7 Å². The molecule has 0 aliphatic rings. The summed E-state index contributed by atoms with van der Waals surface area (Å²) in [6.07, 6.45) is 0. The third-order valence-corrected chi connectivity index (χ3v) is 0. The fourth-order valence-electron chi connectivity index (χ4n) is 0. The molecule has 0 N–H and O–H groups in total. The maximum absolute atomic E-state index is 0. The van der Waals surface area contributed by atoms with Crippen LogP contribution in [0.3, 0.4) is 0 Å². The van der Waals surface area contributed by atoms with Crippen molar-refractivity contribution in [3.8, 4) is 0 Å². The van der Waals surface area contributed by atoms with Crippen molar-refractivity contribution in [1.82, 2.24) is 0 Å². The van der Waals surface area contributed by atoms with E-state index in [1.54, 1.807) is 0 Å². The van der Waals surface area contributed by atoms with Gasteiger partial charge >= 0.3 is 37.7 Å². The molecular weight excluding hydrogens is 213 g/mol. The Morgan fingerprint density at radius 2 is 1.00 bits per heavy atom. The van der Waals surface area contributed by atoms with E-state index in [9.17, 15) is 0 Å². The van der Waals surface area contributed by atoms with Crippen LogP contribution in [0.15, 0.2) is 0 Å². The molecule has 0 aliphatic carbocycles. The first-order valence-corrected chi connectivity index (χ1v) is 0. The van der Waals surface area contributed by atoms with Crippen LogP contribution in [0.2, 0.25) is 0 Å². The van der Waals surface area contributed by atoms with Crippen molar-refractivity contribution in [3.05, 3.63) is 0 Å². The quantitative estimate of drug-likeness (QED) is 0.355. The summed E-state index contributed by atoms with van der Waals surface area (Å²) in [5.41, 5.74) is 0. The molecule has 0 aromatic heterocycles. The molecule has 0 atom stereocenters. The first-order chi connectivity index (χ1) is 0. The van der Waals surface area contributed by atoms with Crippen LogP contribution in [-0.2, 0) is 50.3 Å². The SMILES string of the molecule is [AlH3].[Co].[H-].[H-].[Li+].[Li+].[Mn].[Ni]. The van der Waals surface area contributed by atoms with E-state index in [4.69, 9.17) is 0 Å². The van der Waals surface area contributed by atoms with Crippen molar-refractivity contribution in [2.75, 3.05) is 0 Å². The second-order valence-corrected chi connectivity index (χ2v) is 0.